The van der Waals surface area contributed by atoms with Crippen molar-refractivity contribution in [3.8, 4) is 33.9 Å². The molecule has 1 aliphatic heterocycles. The number of hydrogen-bond donors (Lipinski definition) is 1. The Labute approximate surface area is 154 Å². The van der Waals surface area contributed by atoms with Crippen LogP contribution in [0.25, 0.3) is 22.4 Å². The molecule has 2 N–H and O–H groups in total. The zero-order valence-electron chi connectivity index (χ0n) is 12.0. The molecule has 0 radical (unpaired) electrons. The monoisotopic (exact) mass is 436 g/mol. The average Bonchev–Trinajstić information content (AvgIpc) is 3.19. The number of aromatic nitrogens is 1. The maximum atomic E-state index is 5.80. The van der Waals surface area contributed by atoms with Crippen molar-refractivity contribution < 1.29 is 9.47 Å². The number of halogens is 1. The molecule has 23 heavy (non-hydrogen) atoms. The van der Waals surface area contributed by atoms with Gasteiger partial charge < -0.3 is 15.2 Å². The molecule has 3 aromatic rings. The Hall–Kier alpha value is -1.80. The lowest BCUT2D eigenvalue weighted by molar-refractivity contribution is 0.174. The maximum absolute atomic E-state index is 5.80. The third-order valence-electron chi connectivity index (χ3n) is 4.13. The minimum absolute atomic E-state index is 0. The average molecular weight is 436 g/mol. The summed E-state index contributed by atoms with van der Waals surface area (Å²) in [6.07, 6.45) is 0.915. The molecule has 0 saturated carbocycles. The van der Waals surface area contributed by atoms with Gasteiger partial charge in [-0.3, -0.25) is 0 Å². The number of benzene rings is 2. The molecule has 0 spiro atoms. The lowest BCUT2D eigenvalue weighted by atomic mass is 10.00. The van der Waals surface area contributed by atoms with Crippen LogP contribution in [-0.2, 0) is 6.42 Å². The van der Waals surface area contributed by atoms with Crippen LogP contribution in [-0.4, -0.2) is 11.8 Å². The van der Waals surface area contributed by atoms with E-state index in [0.717, 1.165) is 29.2 Å². The molecule has 6 heteroatoms. The van der Waals surface area contributed by atoms with Crippen LogP contribution >= 0.6 is 35.3 Å². The van der Waals surface area contributed by atoms with Crippen molar-refractivity contribution in [1.82, 2.24) is 4.98 Å². The Balaban J connectivity index is 0.00000135. The summed E-state index contributed by atoms with van der Waals surface area (Å²) in [6, 6.07) is 12.6. The van der Waals surface area contributed by atoms with Crippen LogP contribution in [0.15, 0.2) is 36.4 Å². The van der Waals surface area contributed by atoms with Crippen LogP contribution in [0.2, 0.25) is 0 Å². The van der Waals surface area contributed by atoms with E-state index in [1.807, 2.05) is 12.1 Å². The number of fused-ring (bicyclic) bond motifs is 4. The fourth-order valence-corrected chi connectivity index (χ4v) is 3.97. The summed E-state index contributed by atoms with van der Waals surface area (Å²) in [5.74, 6) is 1.62. The Morgan fingerprint density at radius 1 is 1.00 bits per heavy atom. The molecular weight excluding hydrogens is 423 g/mol. The number of nitrogens with zero attached hydrogens (tertiary/aromatic N) is 1. The van der Waals surface area contributed by atoms with Gasteiger partial charge in [-0.05, 0) is 28.8 Å². The maximum Gasteiger partial charge on any atom is 0.231 e. The Bertz CT molecular complexity index is 923. The van der Waals surface area contributed by atoms with Crippen LogP contribution < -0.4 is 15.2 Å². The summed E-state index contributed by atoms with van der Waals surface area (Å²) in [7, 11) is 0. The molecule has 0 atom stereocenters. The second-order valence-corrected chi connectivity index (χ2v) is 6.56. The van der Waals surface area contributed by atoms with E-state index < -0.39 is 0 Å². The van der Waals surface area contributed by atoms with Crippen LogP contribution in [0.5, 0.6) is 11.5 Å². The summed E-state index contributed by atoms with van der Waals surface area (Å²) in [5.41, 5.74) is 11.7. The summed E-state index contributed by atoms with van der Waals surface area (Å²) in [6.45, 7) is 0.302. The largest absolute Gasteiger partial charge is 0.454 e. The molecule has 116 valence electrons. The lowest BCUT2D eigenvalue weighted by Gasteiger charge is -2.06. The number of hydrogen-bond acceptors (Lipinski definition) is 5. The number of anilines is 1. The molecule has 0 saturated heterocycles. The van der Waals surface area contributed by atoms with E-state index >= 15 is 0 Å². The van der Waals surface area contributed by atoms with Crippen molar-refractivity contribution in [2.45, 2.75) is 6.42 Å². The van der Waals surface area contributed by atoms with E-state index in [1.165, 1.54) is 21.6 Å². The number of nitrogens with two attached hydrogens (primary N) is 1. The lowest BCUT2D eigenvalue weighted by Crippen LogP contribution is -1.92. The van der Waals surface area contributed by atoms with Crippen molar-refractivity contribution in [3.05, 3.63) is 46.8 Å². The van der Waals surface area contributed by atoms with E-state index in [-0.39, 0.29) is 24.0 Å². The Morgan fingerprint density at radius 2 is 1.78 bits per heavy atom. The zero-order chi connectivity index (χ0) is 14.7. The van der Waals surface area contributed by atoms with Gasteiger partial charge in [-0.2, -0.15) is 0 Å². The van der Waals surface area contributed by atoms with Crippen LogP contribution in [0.1, 0.15) is 10.4 Å². The molecule has 5 rings (SSSR count). The topological polar surface area (TPSA) is 57.4 Å². The molecule has 0 fully saturated rings. The molecule has 1 aliphatic carbocycles. The first-order valence-corrected chi connectivity index (χ1v) is 7.88. The minimum Gasteiger partial charge on any atom is -0.454 e. The fraction of sp³-hybridized carbons (Fsp3) is 0.118. The van der Waals surface area contributed by atoms with Gasteiger partial charge in [0, 0.05) is 16.9 Å². The molecule has 1 aromatic heterocycles. The summed E-state index contributed by atoms with van der Waals surface area (Å²) < 4.78 is 10.8. The first kappa shape index (κ1) is 14.8. The highest BCUT2D eigenvalue weighted by atomic mass is 127. The van der Waals surface area contributed by atoms with Crippen molar-refractivity contribution in [3.63, 3.8) is 0 Å². The van der Waals surface area contributed by atoms with Gasteiger partial charge in [-0.1, -0.05) is 24.3 Å². The minimum atomic E-state index is 0. The molecule has 2 heterocycles. The predicted octanol–water partition coefficient (Wildman–Crippen LogP) is 4.31. The highest BCUT2D eigenvalue weighted by molar-refractivity contribution is 14.0. The SMILES string of the molecule is I.Nc1nc2c(s1)Cc1cc(-c3ccc4c(c3)OCO4)ccc1-2. The van der Waals surface area contributed by atoms with E-state index in [0.29, 0.717) is 11.9 Å². The quantitative estimate of drug-likeness (QED) is 0.452. The Kier molecular flexibility index (Phi) is 3.46. The molecular formula is C17H13IN2O2S. The fourth-order valence-electron chi connectivity index (χ4n) is 3.10. The first-order valence-electron chi connectivity index (χ1n) is 7.06. The Morgan fingerprint density at radius 3 is 2.70 bits per heavy atom. The summed E-state index contributed by atoms with van der Waals surface area (Å²) in [4.78, 5) is 5.70. The van der Waals surface area contributed by atoms with Gasteiger partial charge in [0.2, 0.25) is 6.79 Å². The van der Waals surface area contributed by atoms with Gasteiger partial charge in [-0.25, -0.2) is 4.98 Å². The van der Waals surface area contributed by atoms with Crippen molar-refractivity contribution >= 4 is 40.4 Å². The standard InChI is InChI=1S/C17H12N2O2S.HI/c18-17-19-16-12-3-1-9(5-11(12)7-15(16)22-17)10-2-4-13-14(6-10)21-8-20-13;/h1-6H,7-8H2,(H2,18,19);1H. The van der Waals surface area contributed by atoms with E-state index in [2.05, 4.69) is 29.2 Å². The molecule has 2 aromatic carbocycles. The number of nitrogen functional groups attached to an aromatic ring is 1. The van der Waals surface area contributed by atoms with Crippen LogP contribution in [0.4, 0.5) is 5.13 Å². The highest BCUT2D eigenvalue weighted by Crippen LogP contribution is 2.42. The molecule has 0 amide bonds. The van der Waals surface area contributed by atoms with Crippen LogP contribution in [0, 0.1) is 0 Å². The second-order valence-electron chi connectivity index (χ2n) is 5.44. The van der Waals surface area contributed by atoms with Crippen molar-refractivity contribution in [2.75, 3.05) is 12.5 Å². The van der Waals surface area contributed by atoms with E-state index in [4.69, 9.17) is 15.2 Å². The van der Waals surface area contributed by atoms with Gasteiger partial charge in [0.15, 0.2) is 16.6 Å². The number of thiazole rings is 1. The van der Waals surface area contributed by atoms with Crippen molar-refractivity contribution in [2.24, 2.45) is 0 Å². The molecule has 4 nitrogen and oxygen atoms in total. The van der Waals surface area contributed by atoms with Gasteiger partial charge >= 0.3 is 0 Å². The van der Waals surface area contributed by atoms with E-state index in [9.17, 15) is 0 Å². The first-order chi connectivity index (χ1) is 10.8. The van der Waals surface area contributed by atoms with Gasteiger partial charge in [-0.15, -0.1) is 35.3 Å². The highest BCUT2D eigenvalue weighted by Gasteiger charge is 2.23. The van der Waals surface area contributed by atoms with Gasteiger partial charge in [0.1, 0.15) is 0 Å². The smallest absolute Gasteiger partial charge is 0.231 e. The predicted molar refractivity (Wildman–Crippen MR) is 102 cm³/mol. The second kappa shape index (κ2) is 5.38. The zero-order valence-corrected chi connectivity index (χ0v) is 15.2. The molecule has 2 aliphatic rings. The summed E-state index contributed by atoms with van der Waals surface area (Å²) in [5, 5.41) is 0.649. The number of rotatable bonds is 1. The van der Waals surface area contributed by atoms with Crippen molar-refractivity contribution in [1.29, 1.82) is 0 Å². The van der Waals surface area contributed by atoms with Gasteiger partial charge in [0.25, 0.3) is 0 Å². The molecule has 0 unspecified atom stereocenters. The van der Waals surface area contributed by atoms with Gasteiger partial charge in [0.05, 0.1) is 5.69 Å². The van der Waals surface area contributed by atoms with E-state index in [1.54, 1.807) is 11.3 Å². The normalized spacial score (nSPS) is 13.4. The molecule has 0 bridgehead atoms. The van der Waals surface area contributed by atoms with Crippen LogP contribution in [0.3, 0.4) is 0 Å². The number of ether oxygens (including phenoxy) is 2. The third-order valence-corrected chi connectivity index (χ3v) is 5.02. The third kappa shape index (κ3) is 2.28. The summed E-state index contributed by atoms with van der Waals surface area (Å²) >= 11 is 1.58.